The second-order valence-electron chi connectivity index (χ2n) is 6.57. The van der Waals surface area contributed by atoms with Crippen molar-refractivity contribution in [3.63, 3.8) is 0 Å². The Morgan fingerprint density at radius 3 is 2.37 bits per heavy atom. The molecular formula is C15H18N9O4S2+. The number of nitrogens with zero attached hydrogens (tertiary/aromatic N) is 5. The van der Waals surface area contributed by atoms with Gasteiger partial charge in [0.1, 0.15) is 4.90 Å². The number of aromatic amines is 1. The first-order valence-corrected chi connectivity index (χ1v) is 11.8. The summed E-state index contributed by atoms with van der Waals surface area (Å²) in [5.41, 5.74) is 0.623. The molecule has 0 spiro atoms. The largest absolute Gasteiger partial charge is 0.357 e. The van der Waals surface area contributed by atoms with Crippen molar-refractivity contribution in [2.75, 3.05) is 25.5 Å². The third kappa shape index (κ3) is 3.41. The zero-order valence-electron chi connectivity index (χ0n) is 15.6. The highest BCUT2D eigenvalue weighted by atomic mass is 32.2. The van der Waals surface area contributed by atoms with Crippen LogP contribution >= 0.6 is 0 Å². The van der Waals surface area contributed by atoms with Crippen LogP contribution < -0.4 is 15.8 Å². The number of anilines is 1. The quantitative estimate of drug-likeness (QED) is 0.316. The Balaban J connectivity index is 2.06. The number of sulfonamides is 1. The Bertz CT molecular complexity index is 1290. The van der Waals surface area contributed by atoms with Gasteiger partial charge in [-0.15, -0.1) is 10.2 Å². The van der Waals surface area contributed by atoms with Crippen molar-refractivity contribution in [3.8, 4) is 22.5 Å². The maximum atomic E-state index is 13.1. The molecule has 158 valence electrons. The fraction of sp³-hybridized carbons (Fsp3) is 0.267. The number of quaternary nitrogens is 1. The lowest BCUT2D eigenvalue weighted by atomic mass is 10.0. The molecule has 1 aromatic carbocycles. The van der Waals surface area contributed by atoms with Crippen LogP contribution in [0.4, 0.5) is 5.95 Å². The molecule has 1 fully saturated rings. The van der Waals surface area contributed by atoms with E-state index in [1.165, 1.54) is 24.5 Å². The normalized spacial score (nSPS) is 15.0. The van der Waals surface area contributed by atoms with E-state index in [4.69, 9.17) is 5.14 Å². The predicted molar refractivity (Wildman–Crippen MR) is 104 cm³/mol. The maximum Gasteiger partial charge on any atom is 0.240 e. The van der Waals surface area contributed by atoms with E-state index in [1.807, 2.05) is 5.32 Å². The Hall–Kier alpha value is -3.01. The standard InChI is InChI=1S/C15H17N9O4S2/c1-17-15-19-4-8(5-20-15)10-2-3-11(29(25,26)9-6-18-7-9)13(30(16,27)28)12(10)14-21-23-24-22-14/h2-5,9,18H,6-7H2,1H3,(H2,16,27,28)(H,17,19,20)(H,21,22,23,24)/p+1. The van der Waals surface area contributed by atoms with Gasteiger partial charge in [0.25, 0.3) is 0 Å². The van der Waals surface area contributed by atoms with E-state index < -0.39 is 30.0 Å². The molecule has 0 radical (unpaired) electrons. The van der Waals surface area contributed by atoms with Crippen LogP contribution in [0.25, 0.3) is 22.5 Å². The number of primary sulfonamides is 1. The highest BCUT2D eigenvalue weighted by molar-refractivity contribution is 7.94. The van der Waals surface area contributed by atoms with E-state index in [9.17, 15) is 16.8 Å². The molecule has 2 aromatic heterocycles. The van der Waals surface area contributed by atoms with E-state index in [1.54, 1.807) is 7.05 Å². The van der Waals surface area contributed by atoms with Gasteiger partial charge in [0.15, 0.2) is 15.1 Å². The van der Waals surface area contributed by atoms with E-state index in [0.717, 1.165) is 0 Å². The number of benzene rings is 1. The van der Waals surface area contributed by atoms with E-state index in [-0.39, 0.29) is 16.3 Å². The number of H-pyrrole nitrogens is 1. The first-order chi connectivity index (χ1) is 14.2. The minimum absolute atomic E-state index is 0.0866. The lowest BCUT2D eigenvalue weighted by Crippen LogP contribution is -2.99. The molecule has 3 aromatic rings. The van der Waals surface area contributed by atoms with Gasteiger partial charge in [0, 0.05) is 25.0 Å². The van der Waals surface area contributed by atoms with Gasteiger partial charge in [-0.2, -0.15) is 5.21 Å². The molecule has 0 aliphatic carbocycles. The van der Waals surface area contributed by atoms with Gasteiger partial charge in [-0.1, -0.05) is 6.07 Å². The van der Waals surface area contributed by atoms with Gasteiger partial charge >= 0.3 is 0 Å². The number of tetrazole rings is 1. The molecule has 3 heterocycles. The predicted octanol–water partition coefficient (Wildman–Crippen LogP) is -2.27. The minimum Gasteiger partial charge on any atom is -0.357 e. The summed E-state index contributed by atoms with van der Waals surface area (Å²) in [4.78, 5) is 7.27. The van der Waals surface area contributed by atoms with Crippen LogP contribution in [0.15, 0.2) is 34.3 Å². The van der Waals surface area contributed by atoms with Crippen LogP contribution in [-0.4, -0.2) is 72.8 Å². The summed E-state index contributed by atoms with van der Waals surface area (Å²) in [6, 6.07) is 2.70. The molecule has 0 amide bonds. The summed E-state index contributed by atoms with van der Waals surface area (Å²) in [6.45, 7) is 0.677. The second-order valence-corrected chi connectivity index (χ2v) is 10.3. The SMILES string of the molecule is CNc1ncc(-c2ccc(S(=O)(=O)C3C[NH2+]C3)c(S(N)(=O)=O)c2-c2nn[nH]n2)cn1. The third-order valence-corrected chi connectivity index (χ3v) is 8.10. The monoisotopic (exact) mass is 452 g/mol. The number of nitrogens with two attached hydrogens (primary N) is 2. The Kier molecular flexibility index (Phi) is 4.97. The van der Waals surface area contributed by atoms with Crippen molar-refractivity contribution in [3.05, 3.63) is 24.5 Å². The zero-order chi connectivity index (χ0) is 21.5. The van der Waals surface area contributed by atoms with Crippen molar-refractivity contribution in [1.29, 1.82) is 0 Å². The molecule has 6 N–H and O–H groups in total. The highest BCUT2D eigenvalue weighted by Gasteiger charge is 2.41. The summed E-state index contributed by atoms with van der Waals surface area (Å²) in [6.07, 6.45) is 2.92. The fourth-order valence-corrected chi connectivity index (χ4v) is 6.42. The number of nitrogens with one attached hydrogen (secondary N) is 2. The summed E-state index contributed by atoms with van der Waals surface area (Å²) < 4.78 is 51.4. The molecule has 4 rings (SSSR count). The smallest absolute Gasteiger partial charge is 0.240 e. The van der Waals surface area contributed by atoms with E-state index in [0.29, 0.717) is 30.2 Å². The minimum atomic E-state index is -4.50. The average Bonchev–Trinajstić information content (AvgIpc) is 3.19. The molecule has 30 heavy (non-hydrogen) atoms. The van der Waals surface area contributed by atoms with Crippen LogP contribution in [0.1, 0.15) is 0 Å². The van der Waals surface area contributed by atoms with Crippen molar-refractivity contribution in [1.82, 2.24) is 30.6 Å². The summed E-state index contributed by atoms with van der Waals surface area (Å²) in [7, 11) is -6.81. The van der Waals surface area contributed by atoms with Crippen LogP contribution in [0, 0.1) is 0 Å². The lowest BCUT2D eigenvalue weighted by molar-refractivity contribution is -0.702. The molecule has 0 bridgehead atoms. The molecule has 15 heteroatoms. The number of hydrogen-bond acceptors (Lipinski definition) is 10. The number of hydrogen-bond donors (Lipinski definition) is 4. The van der Waals surface area contributed by atoms with Gasteiger partial charge in [0.05, 0.1) is 23.5 Å². The molecule has 0 saturated carbocycles. The molecule has 0 unspecified atom stereocenters. The van der Waals surface area contributed by atoms with Crippen molar-refractivity contribution < 1.29 is 22.2 Å². The molecule has 1 saturated heterocycles. The van der Waals surface area contributed by atoms with Crippen molar-refractivity contribution in [2.45, 2.75) is 15.0 Å². The molecule has 1 aliphatic rings. The van der Waals surface area contributed by atoms with Crippen LogP contribution in [0.2, 0.25) is 0 Å². The Morgan fingerprint density at radius 2 is 1.87 bits per heavy atom. The first-order valence-electron chi connectivity index (χ1n) is 8.73. The van der Waals surface area contributed by atoms with Gasteiger partial charge in [0.2, 0.25) is 21.8 Å². The first kappa shape index (κ1) is 20.3. The van der Waals surface area contributed by atoms with Crippen LogP contribution in [0.5, 0.6) is 0 Å². The Labute approximate surface area is 171 Å². The van der Waals surface area contributed by atoms with Gasteiger partial charge < -0.3 is 10.6 Å². The Morgan fingerprint density at radius 1 is 1.17 bits per heavy atom. The van der Waals surface area contributed by atoms with Crippen molar-refractivity contribution in [2.24, 2.45) is 5.14 Å². The summed E-state index contributed by atoms with van der Waals surface area (Å²) in [5.74, 6) is 0.232. The molecule has 1 aliphatic heterocycles. The average molecular weight is 453 g/mol. The zero-order valence-corrected chi connectivity index (χ0v) is 17.3. The highest BCUT2D eigenvalue weighted by Crippen LogP contribution is 2.39. The number of rotatable bonds is 6. The lowest BCUT2D eigenvalue weighted by Gasteiger charge is -2.24. The number of aromatic nitrogens is 6. The maximum absolute atomic E-state index is 13.1. The molecular weight excluding hydrogens is 434 g/mol. The van der Waals surface area contributed by atoms with Gasteiger partial charge in [-0.25, -0.2) is 31.9 Å². The van der Waals surface area contributed by atoms with Crippen molar-refractivity contribution >= 4 is 25.8 Å². The van der Waals surface area contributed by atoms with Gasteiger partial charge in [-0.3, -0.25) is 0 Å². The summed E-state index contributed by atoms with van der Waals surface area (Å²) >= 11 is 0. The molecule has 0 atom stereocenters. The summed E-state index contributed by atoms with van der Waals surface area (Å²) in [5, 5.41) is 22.8. The number of sulfone groups is 1. The third-order valence-electron chi connectivity index (χ3n) is 4.77. The second kappa shape index (κ2) is 7.35. The van der Waals surface area contributed by atoms with Crippen LogP contribution in [-0.2, 0) is 19.9 Å². The van der Waals surface area contributed by atoms with E-state index >= 15 is 0 Å². The fourth-order valence-electron chi connectivity index (χ4n) is 3.13. The van der Waals surface area contributed by atoms with Crippen LogP contribution in [0.3, 0.4) is 0 Å². The molecule has 13 nitrogen and oxygen atoms in total. The topological polar surface area (TPSA) is 203 Å². The van der Waals surface area contributed by atoms with Gasteiger partial charge in [-0.05, 0) is 16.8 Å². The van der Waals surface area contributed by atoms with E-state index in [2.05, 4.69) is 35.9 Å².